The van der Waals surface area contributed by atoms with Gasteiger partial charge in [-0.2, -0.15) is 4.94 Å². The second-order valence-corrected chi connectivity index (χ2v) is 3.85. The summed E-state index contributed by atoms with van der Waals surface area (Å²) < 4.78 is 11.5. The maximum absolute atomic E-state index is 11.5. The van der Waals surface area contributed by atoms with Crippen molar-refractivity contribution in [1.82, 2.24) is 9.80 Å². The number of unbranched alkanes of at least 4 members (excludes halogenated alkanes) is 1. The van der Waals surface area contributed by atoms with Crippen LogP contribution in [0.2, 0.25) is 0 Å². The molecule has 0 aromatic heterocycles. The Kier molecular flexibility index (Phi) is 11.2. The van der Waals surface area contributed by atoms with Crippen molar-refractivity contribution < 1.29 is 9.47 Å². The average molecular weight is 234 g/mol. The third-order valence-corrected chi connectivity index (χ3v) is 2.78. The summed E-state index contributed by atoms with van der Waals surface area (Å²) in [7, 11) is 0. The molecule has 0 aliphatic carbocycles. The minimum atomic E-state index is 0.203. The molecule has 0 saturated carbocycles. The molecule has 16 heavy (non-hydrogen) atoms. The lowest BCUT2D eigenvalue weighted by Crippen LogP contribution is -2.47. The molecule has 98 valence electrons. The topological polar surface area (TPSA) is 15.7 Å². The van der Waals surface area contributed by atoms with Gasteiger partial charge in [0, 0.05) is 32.7 Å². The fourth-order valence-electron chi connectivity index (χ4n) is 1.78. The molecule has 0 atom stereocenters. The quantitative estimate of drug-likeness (QED) is 0.701. The van der Waals surface area contributed by atoms with Crippen LogP contribution in [0.3, 0.4) is 0 Å². The van der Waals surface area contributed by atoms with E-state index in [0.717, 1.165) is 32.7 Å². The molecule has 1 rings (SSSR count). The standard InChI is InChI=1S/C10H21FN2O.C2H6/c1-2-3-4-12-5-7-13(8-6-12)9-10-14-11;1-2/h2-10H2,1H3;1-2H3. The zero-order valence-corrected chi connectivity index (χ0v) is 11.0. The lowest BCUT2D eigenvalue weighted by Gasteiger charge is -2.34. The molecule has 1 heterocycles. The molecular weight excluding hydrogens is 207 g/mol. The Balaban J connectivity index is 0.00000106. The molecule has 0 aromatic carbocycles. The minimum absolute atomic E-state index is 0.203. The normalized spacial score (nSPS) is 18.0. The molecule has 0 bridgehead atoms. The first kappa shape index (κ1) is 15.8. The van der Waals surface area contributed by atoms with Crippen LogP contribution in [0.15, 0.2) is 0 Å². The van der Waals surface area contributed by atoms with Gasteiger partial charge in [0.15, 0.2) is 0 Å². The molecule has 0 radical (unpaired) electrons. The predicted octanol–water partition coefficient (Wildman–Crippen LogP) is 2.33. The van der Waals surface area contributed by atoms with E-state index in [4.69, 9.17) is 0 Å². The Hall–Kier alpha value is -0.190. The highest BCUT2D eigenvalue weighted by Crippen LogP contribution is 2.03. The van der Waals surface area contributed by atoms with Gasteiger partial charge < -0.3 is 4.90 Å². The lowest BCUT2D eigenvalue weighted by atomic mass is 10.2. The zero-order valence-electron chi connectivity index (χ0n) is 11.0. The zero-order chi connectivity index (χ0) is 12.2. The predicted molar refractivity (Wildman–Crippen MR) is 66.2 cm³/mol. The van der Waals surface area contributed by atoms with Crippen LogP contribution < -0.4 is 0 Å². The summed E-state index contributed by atoms with van der Waals surface area (Å²) in [5, 5.41) is 0. The summed E-state index contributed by atoms with van der Waals surface area (Å²) in [6.45, 7) is 12.7. The molecule has 0 spiro atoms. The average Bonchev–Trinajstić information content (AvgIpc) is 2.37. The van der Waals surface area contributed by atoms with E-state index in [1.54, 1.807) is 0 Å². The van der Waals surface area contributed by atoms with Gasteiger partial charge in [-0.05, 0) is 17.5 Å². The van der Waals surface area contributed by atoms with Crippen LogP contribution in [0.4, 0.5) is 4.53 Å². The fourth-order valence-corrected chi connectivity index (χ4v) is 1.78. The van der Waals surface area contributed by atoms with E-state index in [2.05, 4.69) is 21.7 Å². The number of rotatable bonds is 6. The molecule has 4 heteroatoms. The van der Waals surface area contributed by atoms with Crippen molar-refractivity contribution in [2.45, 2.75) is 33.6 Å². The number of hydrogen-bond donors (Lipinski definition) is 0. The van der Waals surface area contributed by atoms with Crippen molar-refractivity contribution in [3.63, 3.8) is 0 Å². The van der Waals surface area contributed by atoms with Gasteiger partial charge in [0.1, 0.15) is 6.61 Å². The van der Waals surface area contributed by atoms with E-state index in [1.165, 1.54) is 19.4 Å². The molecule has 0 N–H and O–H groups in total. The molecule has 0 amide bonds. The maximum atomic E-state index is 11.5. The highest BCUT2D eigenvalue weighted by atomic mass is 19.3. The van der Waals surface area contributed by atoms with E-state index in [9.17, 15) is 4.53 Å². The van der Waals surface area contributed by atoms with Crippen LogP contribution in [0.1, 0.15) is 33.6 Å². The van der Waals surface area contributed by atoms with E-state index in [1.807, 2.05) is 13.8 Å². The van der Waals surface area contributed by atoms with Crippen molar-refractivity contribution in [1.29, 1.82) is 0 Å². The van der Waals surface area contributed by atoms with Crippen LogP contribution in [-0.2, 0) is 4.94 Å². The summed E-state index contributed by atoms with van der Waals surface area (Å²) in [6, 6.07) is 0. The van der Waals surface area contributed by atoms with E-state index in [0.29, 0.717) is 0 Å². The molecule has 0 unspecified atom stereocenters. The fraction of sp³-hybridized carbons (Fsp3) is 1.00. The van der Waals surface area contributed by atoms with Gasteiger partial charge in [-0.1, -0.05) is 27.2 Å². The molecule has 1 aliphatic rings. The largest absolute Gasteiger partial charge is 0.301 e. The third kappa shape index (κ3) is 7.14. The van der Waals surface area contributed by atoms with Crippen molar-refractivity contribution >= 4 is 0 Å². The second-order valence-electron chi connectivity index (χ2n) is 3.85. The maximum Gasteiger partial charge on any atom is 0.100 e. The van der Waals surface area contributed by atoms with Gasteiger partial charge in [-0.25, -0.2) is 0 Å². The van der Waals surface area contributed by atoms with Gasteiger partial charge in [-0.15, -0.1) is 0 Å². The molecular formula is C12H27FN2O. The summed E-state index contributed by atoms with van der Waals surface area (Å²) in [5.74, 6) is 0. The second kappa shape index (κ2) is 11.3. The van der Waals surface area contributed by atoms with Crippen LogP contribution in [0.5, 0.6) is 0 Å². The van der Waals surface area contributed by atoms with Crippen LogP contribution in [-0.4, -0.2) is 55.7 Å². The van der Waals surface area contributed by atoms with Crippen molar-refractivity contribution in [3.05, 3.63) is 0 Å². The van der Waals surface area contributed by atoms with Crippen LogP contribution in [0, 0.1) is 0 Å². The first-order chi connectivity index (χ1) is 7.86. The smallest absolute Gasteiger partial charge is 0.100 e. The van der Waals surface area contributed by atoms with Gasteiger partial charge in [0.05, 0.1) is 0 Å². The molecule has 0 aromatic rings. The lowest BCUT2D eigenvalue weighted by molar-refractivity contribution is -0.137. The van der Waals surface area contributed by atoms with Gasteiger partial charge >= 0.3 is 0 Å². The minimum Gasteiger partial charge on any atom is -0.301 e. The Bertz CT molecular complexity index is 123. The third-order valence-electron chi connectivity index (χ3n) is 2.78. The van der Waals surface area contributed by atoms with Crippen molar-refractivity contribution in [2.24, 2.45) is 0 Å². The van der Waals surface area contributed by atoms with Gasteiger partial charge in [-0.3, -0.25) is 4.90 Å². The van der Waals surface area contributed by atoms with Crippen LogP contribution >= 0.6 is 0 Å². The summed E-state index contributed by atoms with van der Waals surface area (Å²) >= 11 is 0. The summed E-state index contributed by atoms with van der Waals surface area (Å²) in [4.78, 5) is 8.32. The number of hydrogen-bond acceptors (Lipinski definition) is 3. The molecule has 1 aliphatic heterocycles. The summed E-state index contributed by atoms with van der Waals surface area (Å²) in [6.07, 6.45) is 2.55. The highest BCUT2D eigenvalue weighted by molar-refractivity contribution is 4.71. The monoisotopic (exact) mass is 234 g/mol. The molecule has 1 fully saturated rings. The first-order valence-corrected chi connectivity index (χ1v) is 6.55. The molecule has 3 nitrogen and oxygen atoms in total. The van der Waals surface area contributed by atoms with E-state index < -0.39 is 0 Å². The first-order valence-electron chi connectivity index (χ1n) is 6.55. The Morgan fingerprint density at radius 1 is 1.00 bits per heavy atom. The Labute approximate surface area is 99.5 Å². The number of halogens is 1. The van der Waals surface area contributed by atoms with Gasteiger partial charge in [0.25, 0.3) is 0 Å². The van der Waals surface area contributed by atoms with E-state index in [-0.39, 0.29) is 6.61 Å². The number of piperazine rings is 1. The van der Waals surface area contributed by atoms with Crippen molar-refractivity contribution in [3.8, 4) is 0 Å². The Morgan fingerprint density at radius 2 is 1.50 bits per heavy atom. The van der Waals surface area contributed by atoms with E-state index >= 15 is 0 Å². The van der Waals surface area contributed by atoms with Crippen LogP contribution in [0.25, 0.3) is 0 Å². The summed E-state index contributed by atoms with van der Waals surface area (Å²) in [5.41, 5.74) is 0. The number of nitrogens with zero attached hydrogens (tertiary/aromatic N) is 2. The SMILES string of the molecule is CC.CCCCN1CCN(CCOF)CC1. The van der Waals surface area contributed by atoms with Gasteiger partial charge in [0.2, 0.25) is 0 Å². The van der Waals surface area contributed by atoms with Crippen molar-refractivity contribution in [2.75, 3.05) is 45.9 Å². The molecule has 1 saturated heterocycles. The highest BCUT2D eigenvalue weighted by Gasteiger charge is 2.15. The Morgan fingerprint density at radius 3 is 1.94 bits per heavy atom.